The second-order valence-corrected chi connectivity index (χ2v) is 4.55. The molecular weight excluding hydrogens is 176 g/mol. The number of hydrogen-bond acceptors (Lipinski definition) is 2. The second-order valence-electron chi connectivity index (χ2n) is 4.55. The molecule has 3 atom stereocenters. The topological polar surface area (TPSA) is 37.3 Å². The van der Waals surface area contributed by atoms with Crippen molar-refractivity contribution in [1.82, 2.24) is 0 Å². The molecule has 0 amide bonds. The van der Waals surface area contributed by atoms with Crippen LogP contribution in [-0.4, -0.2) is 17.0 Å². The summed E-state index contributed by atoms with van der Waals surface area (Å²) in [5, 5.41) is 9.85. The SMILES string of the molecule is C=C[C@@]12C=C(C)[C@@H](O)[C@@H](C1)C(=O)CC2. The first-order chi connectivity index (χ1) is 6.58. The first-order valence-corrected chi connectivity index (χ1v) is 5.12. The number of allylic oxidation sites excluding steroid dienone is 2. The Labute approximate surface area is 84.3 Å². The maximum atomic E-state index is 11.6. The summed E-state index contributed by atoms with van der Waals surface area (Å²) in [5.74, 6) is 0.0224. The lowest BCUT2D eigenvalue weighted by atomic mass is 9.62. The first kappa shape index (κ1) is 9.66. The summed E-state index contributed by atoms with van der Waals surface area (Å²) >= 11 is 0. The van der Waals surface area contributed by atoms with Crippen molar-refractivity contribution >= 4 is 5.78 Å². The van der Waals surface area contributed by atoms with Crippen LogP contribution in [0.1, 0.15) is 26.2 Å². The van der Waals surface area contributed by atoms with Crippen molar-refractivity contribution in [2.45, 2.75) is 32.3 Å². The van der Waals surface area contributed by atoms with Crippen LogP contribution in [-0.2, 0) is 4.79 Å². The maximum Gasteiger partial charge on any atom is 0.138 e. The zero-order valence-corrected chi connectivity index (χ0v) is 8.49. The molecule has 0 heterocycles. The molecule has 2 rings (SSSR count). The van der Waals surface area contributed by atoms with Crippen molar-refractivity contribution in [2.75, 3.05) is 0 Å². The van der Waals surface area contributed by atoms with E-state index in [0.717, 1.165) is 18.4 Å². The molecule has 2 heteroatoms. The Morgan fingerprint density at radius 1 is 1.71 bits per heavy atom. The molecule has 1 saturated carbocycles. The minimum Gasteiger partial charge on any atom is -0.388 e. The van der Waals surface area contributed by atoms with E-state index in [1.54, 1.807) is 0 Å². The highest BCUT2D eigenvalue weighted by atomic mass is 16.3. The standard InChI is InChI=1S/C12H16O2/c1-3-12-5-4-10(13)9(7-12)11(14)8(2)6-12/h3,6,9,11,14H,1,4-5,7H2,2H3/t9-,11+,12+/m0/s1. The highest BCUT2D eigenvalue weighted by Gasteiger charge is 2.44. The van der Waals surface area contributed by atoms with Crippen LogP contribution < -0.4 is 0 Å². The number of ketones is 1. The summed E-state index contributed by atoms with van der Waals surface area (Å²) < 4.78 is 0. The van der Waals surface area contributed by atoms with E-state index in [4.69, 9.17) is 0 Å². The van der Waals surface area contributed by atoms with E-state index in [1.807, 2.05) is 13.0 Å². The van der Waals surface area contributed by atoms with Gasteiger partial charge in [-0.25, -0.2) is 0 Å². The molecule has 0 aromatic carbocycles. The fourth-order valence-electron chi connectivity index (χ4n) is 2.69. The highest BCUT2D eigenvalue weighted by Crippen LogP contribution is 2.46. The molecule has 0 spiro atoms. The minimum atomic E-state index is -0.559. The second kappa shape index (κ2) is 3.06. The van der Waals surface area contributed by atoms with Crippen LogP contribution in [0.3, 0.4) is 0 Å². The lowest BCUT2D eigenvalue weighted by molar-refractivity contribution is -0.130. The average Bonchev–Trinajstić information content (AvgIpc) is 2.19. The third-order valence-electron chi connectivity index (χ3n) is 3.62. The summed E-state index contributed by atoms with van der Waals surface area (Å²) in [6.07, 6.45) is 5.65. The fourth-order valence-corrected chi connectivity index (χ4v) is 2.69. The number of Topliss-reactive ketones (excluding diaryl/α,β-unsaturated/α-hetero) is 1. The lowest BCUT2D eigenvalue weighted by Crippen LogP contribution is -2.42. The predicted octanol–water partition coefficient (Wildman–Crippen LogP) is 1.85. The summed E-state index contributed by atoms with van der Waals surface area (Å²) in [5.41, 5.74) is 0.899. The van der Waals surface area contributed by atoms with Crippen LogP contribution in [0.4, 0.5) is 0 Å². The van der Waals surface area contributed by atoms with Crippen molar-refractivity contribution in [3.8, 4) is 0 Å². The summed E-state index contributed by atoms with van der Waals surface area (Å²) in [6, 6.07) is 0. The van der Waals surface area contributed by atoms with Crippen molar-refractivity contribution in [3.63, 3.8) is 0 Å². The fraction of sp³-hybridized carbons (Fsp3) is 0.583. The van der Waals surface area contributed by atoms with E-state index in [2.05, 4.69) is 12.7 Å². The zero-order chi connectivity index (χ0) is 10.3. The van der Waals surface area contributed by atoms with Crippen LogP contribution >= 0.6 is 0 Å². The van der Waals surface area contributed by atoms with E-state index in [1.165, 1.54) is 0 Å². The van der Waals surface area contributed by atoms with Crippen molar-refractivity contribution in [1.29, 1.82) is 0 Å². The largest absolute Gasteiger partial charge is 0.388 e. The van der Waals surface area contributed by atoms with Gasteiger partial charge in [0.05, 0.1) is 6.10 Å². The average molecular weight is 192 g/mol. The zero-order valence-electron chi connectivity index (χ0n) is 8.49. The molecule has 2 nitrogen and oxygen atoms in total. The number of aliphatic hydroxyl groups excluding tert-OH is 1. The van der Waals surface area contributed by atoms with Crippen molar-refractivity contribution in [2.24, 2.45) is 11.3 Å². The van der Waals surface area contributed by atoms with Crippen molar-refractivity contribution in [3.05, 3.63) is 24.3 Å². The number of hydrogen-bond donors (Lipinski definition) is 1. The van der Waals surface area contributed by atoms with Crippen LogP contribution in [0.5, 0.6) is 0 Å². The molecule has 14 heavy (non-hydrogen) atoms. The van der Waals surface area contributed by atoms with E-state index in [0.29, 0.717) is 6.42 Å². The molecule has 2 aliphatic rings. The van der Waals surface area contributed by atoms with Crippen LogP contribution in [0.25, 0.3) is 0 Å². The van der Waals surface area contributed by atoms with Crippen LogP contribution in [0.15, 0.2) is 24.3 Å². The third kappa shape index (κ3) is 1.25. The van der Waals surface area contributed by atoms with Gasteiger partial charge in [0.2, 0.25) is 0 Å². The van der Waals surface area contributed by atoms with Gasteiger partial charge in [-0.2, -0.15) is 0 Å². The van der Waals surface area contributed by atoms with Crippen LogP contribution in [0, 0.1) is 11.3 Å². The van der Waals surface area contributed by atoms with Gasteiger partial charge >= 0.3 is 0 Å². The Kier molecular flexibility index (Phi) is 2.11. The van der Waals surface area contributed by atoms with Gasteiger partial charge in [-0.05, 0) is 25.3 Å². The Bertz CT molecular complexity index is 316. The Morgan fingerprint density at radius 2 is 2.43 bits per heavy atom. The normalized spacial score (nSPS) is 41.9. The highest BCUT2D eigenvalue weighted by molar-refractivity contribution is 5.83. The Morgan fingerprint density at radius 3 is 3.07 bits per heavy atom. The van der Waals surface area contributed by atoms with E-state index in [9.17, 15) is 9.90 Å². The molecular formula is C12H16O2. The number of fused-ring (bicyclic) bond motifs is 2. The molecule has 1 N–H and O–H groups in total. The molecule has 0 unspecified atom stereocenters. The van der Waals surface area contributed by atoms with Gasteiger partial charge in [-0.3, -0.25) is 4.79 Å². The molecule has 1 fully saturated rings. The van der Waals surface area contributed by atoms with Gasteiger partial charge < -0.3 is 5.11 Å². The van der Waals surface area contributed by atoms with Gasteiger partial charge in [-0.1, -0.05) is 12.2 Å². The van der Waals surface area contributed by atoms with Crippen LogP contribution in [0.2, 0.25) is 0 Å². The number of carbonyl (C=O) groups excluding carboxylic acids is 1. The lowest BCUT2D eigenvalue weighted by Gasteiger charge is -2.42. The molecule has 0 aromatic rings. The van der Waals surface area contributed by atoms with Gasteiger partial charge in [0.15, 0.2) is 0 Å². The number of carbonyl (C=O) groups is 1. The molecule has 0 saturated heterocycles. The summed E-state index contributed by atoms with van der Waals surface area (Å²) in [4.78, 5) is 11.6. The van der Waals surface area contributed by atoms with E-state index >= 15 is 0 Å². The van der Waals surface area contributed by atoms with Crippen molar-refractivity contribution < 1.29 is 9.90 Å². The summed E-state index contributed by atoms with van der Waals surface area (Å²) in [6.45, 7) is 5.74. The molecule has 0 radical (unpaired) electrons. The van der Waals surface area contributed by atoms with Gasteiger partial charge in [0.25, 0.3) is 0 Å². The van der Waals surface area contributed by atoms with Gasteiger partial charge in [0, 0.05) is 17.8 Å². The molecule has 76 valence electrons. The molecule has 2 aliphatic carbocycles. The maximum absolute atomic E-state index is 11.6. The third-order valence-corrected chi connectivity index (χ3v) is 3.62. The van der Waals surface area contributed by atoms with E-state index in [-0.39, 0.29) is 17.1 Å². The number of aliphatic hydroxyl groups is 1. The summed E-state index contributed by atoms with van der Waals surface area (Å²) in [7, 11) is 0. The number of rotatable bonds is 1. The quantitative estimate of drug-likeness (QED) is 0.644. The molecule has 0 aromatic heterocycles. The minimum absolute atomic E-state index is 0.0259. The Hall–Kier alpha value is -0.890. The van der Waals surface area contributed by atoms with E-state index < -0.39 is 6.10 Å². The van der Waals surface area contributed by atoms with Gasteiger partial charge in [0.1, 0.15) is 5.78 Å². The van der Waals surface area contributed by atoms with Gasteiger partial charge in [-0.15, -0.1) is 6.58 Å². The first-order valence-electron chi connectivity index (χ1n) is 5.12. The Balaban J connectivity index is 2.42. The predicted molar refractivity (Wildman–Crippen MR) is 54.7 cm³/mol. The smallest absolute Gasteiger partial charge is 0.138 e. The monoisotopic (exact) mass is 192 g/mol. The molecule has 0 aliphatic heterocycles. The molecule has 2 bridgehead atoms.